The van der Waals surface area contributed by atoms with Crippen LogP contribution in [0.5, 0.6) is 0 Å². The van der Waals surface area contributed by atoms with E-state index in [1.807, 2.05) is 13.8 Å². The fraction of sp³-hybridized carbons (Fsp3) is 1.00. The molecule has 4 heteroatoms. The molecule has 0 fully saturated rings. The summed E-state index contributed by atoms with van der Waals surface area (Å²) >= 11 is 4.51. The molecule has 0 aromatic carbocycles. The molecule has 0 aliphatic rings. The molecule has 0 saturated carbocycles. The summed E-state index contributed by atoms with van der Waals surface area (Å²) in [6, 6.07) is 0. The summed E-state index contributed by atoms with van der Waals surface area (Å²) in [5.74, 6) is 1.50. The lowest BCUT2D eigenvalue weighted by molar-refractivity contribution is 0.0662. The highest BCUT2D eigenvalue weighted by Gasteiger charge is 2.25. The van der Waals surface area contributed by atoms with E-state index >= 15 is 0 Å². The molecule has 1 atom stereocenters. The zero-order valence-electron chi connectivity index (χ0n) is 13.4. The molecule has 0 N–H and O–H groups in total. The highest BCUT2D eigenvalue weighted by atomic mass is 32.1. The Labute approximate surface area is 125 Å². The highest BCUT2D eigenvalue weighted by Crippen LogP contribution is 2.27. The second kappa shape index (κ2) is 11.0. The first-order valence-corrected chi connectivity index (χ1v) is 8.07. The van der Waals surface area contributed by atoms with E-state index in [0.717, 1.165) is 51.8 Å². The summed E-state index contributed by atoms with van der Waals surface area (Å²) in [5.41, 5.74) is 0.289. The third kappa shape index (κ3) is 9.72. The molecular formula is C15H33NO2S. The van der Waals surface area contributed by atoms with E-state index in [0.29, 0.717) is 5.92 Å². The van der Waals surface area contributed by atoms with Crippen LogP contribution in [-0.2, 0) is 9.47 Å². The van der Waals surface area contributed by atoms with Crippen molar-refractivity contribution in [3.8, 4) is 0 Å². The van der Waals surface area contributed by atoms with Crippen LogP contribution < -0.4 is 0 Å². The summed E-state index contributed by atoms with van der Waals surface area (Å²) < 4.78 is 10.9. The van der Waals surface area contributed by atoms with Gasteiger partial charge in [0.15, 0.2) is 0 Å². The van der Waals surface area contributed by atoms with Gasteiger partial charge < -0.3 is 9.47 Å². The monoisotopic (exact) mass is 291 g/mol. The largest absolute Gasteiger partial charge is 0.380 e. The predicted molar refractivity (Wildman–Crippen MR) is 86.2 cm³/mol. The van der Waals surface area contributed by atoms with Gasteiger partial charge in [0.2, 0.25) is 0 Å². The van der Waals surface area contributed by atoms with Crippen molar-refractivity contribution in [2.75, 3.05) is 51.8 Å². The smallest absolute Gasteiger partial charge is 0.0593 e. The van der Waals surface area contributed by atoms with Crippen LogP contribution in [0.3, 0.4) is 0 Å². The summed E-state index contributed by atoms with van der Waals surface area (Å²) in [5, 5.41) is 0. The Morgan fingerprint density at radius 3 is 1.79 bits per heavy atom. The van der Waals surface area contributed by atoms with Crippen molar-refractivity contribution < 1.29 is 9.47 Å². The molecule has 19 heavy (non-hydrogen) atoms. The van der Waals surface area contributed by atoms with Crippen molar-refractivity contribution in [2.45, 2.75) is 34.6 Å². The minimum atomic E-state index is 0.289. The maximum Gasteiger partial charge on any atom is 0.0593 e. The third-order valence-corrected chi connectivity index (χ3v) is 3.88. The molecule has 0 spiro atoms. The maximum atomic E-state index is 5.47. The van der Waals surface area contributed by atoms with Crippen molar-refractivity contribution in [3.63, 3.8) is 0 Å². The number of nitrogens with zero attached hydrogens (tertiary/aromatic N) is 1. The first kappa shape index (κ1) is 19.2. The number of hydrogen-bond donors (Lipinski definition) is 1. The van der Waals surface area contributed by atoms with Crippen molar-refractivity contribution in [1.29, 1.82) is 0 Å². The van der Waals surface area contributed by atoms with Crippen LogP contribution in [-0.4, -0.2) is 56.7 Å². The maximum absolute atomic E-state index is 5.47. The lowest BCUT2D eigenvalue weighted by Crippen LogP contribution is -2.40. The Kier molecular flexibility index (Phi) is 11.1. The predicted octanol–water partition coefficient (Wildman–Crippen LogP) is 2.95. The number of thiol groups is 1. The molecule has 0 heterocycles. The Balaban J connectivity index is 4.28. The lowest BCUT2D eigenvalue weighted by Gasteiger charge is -2.34. The molecule has 3 nitrogen and oxygen atoms in total. The minimum Gasteiger partial charge on any atom is -0.380 e. The Morgan fingerprint density at radius 1 is 1.00 bits per heavy atom. The van der Waals surface area contributed by atoms with Gasteiger partial charge in [-0.1, -0.05) is 20.8 Å². The van der Waals surface area contributed by atoms with Crippen molar-refractivity contribution >= 4 is 12.6 Å². The topological polar surface area (TPSA) is 21.7 Å². The fourth-order valence-corrected chi connectivity index (χ4v) is 2.55. The normalized spacial score (nSPS) is 14.1. The van der Waals surface area contributed by atoms with E-state index < -0.39 is 0 Å². The van der Waals surface area contributed by atoms with E-state index in [1.165, 1.54) is 0 Å². The average molecular weight is 292 g/mol. The van der Waals surface area contributed by atoms with Gasteiger partial charge in [-0.2, -0.15) is 12.6 Å². The van der Waals surface area contributed by atoms with Crippen LogP contribution in [0.1, 0.15) is 34.6 Å². The minimum absolute atomic E-state index is 0.289. The molecule has 0 aromatic rings. The molecule has 0 aliphatic carbocycles. The summed E-state index contributed by atoms with van der Waals surface area (Å²) in [4.78, 5) is 2.44. The number of hydrogen-bond acceptors (Lipinski definition) is 4. The zero-order valence-corrected chi connectivity index (χ0v) is 14.3. The molecule has 0 radical (unpaired) electrons. The standard InChI is InChI=1S/C15H33NO2S/c1-6-17-10-8-16(9-11-18-7-2)12-14(13-19)15(3,4)5/h14,19H,6-13H2,1-5H3. The van der Waals surface area contributed by atoms with Gasteiger partial charge in [0.1, 0.15) is 0 Å². The first-order valence-electron chi connectivity index (χ1n) is 7.44. The summed E-state index contributed by atoms with van der Waals surface area (Å²) in [6.07, 6.45) is 0. The molecule has 0 bridgehead atoms. The van der Waals surface area contributed by atoms with E-state index in [-0.39, 0.29) is 5.41 Å². The molecule has 1 unspecified atom stereocenters. The van der Waals surface area contributed by atoms with Crippen molar-refractivity contribution in [3.05, 3.63) is 0 Å². The van der Waals surface area contributed by atoms with Crippen LogP contribution in [0.25, 0.3) is 0 Å². The van der Waals surface area contributed by atoms with E-state index in [1.54, 1.807) is 0 Å². The van der Waals surface area contributed by atoms with Gasteiger partial charge in [0.25, 0.3) is 0 Å². The molecule has 0 rings (SSSR count). The molecule has 0 amide bonds. The summed E-state index contributed by atoms with van der Waals surface area (Å²) in [7, 11) is 0. The Morgan fingerprint density at radius 2 is 1.47 bits per heavy atom. The molecule has 0 aromatic heterocycles. The Bertz CT molecular complexity index is 197. The van der Waals surface area contributed by atoms with E-state index in [4.69, 9.17) is 9.47 Å². The van der Waals surface area contributed by atoms with Crippen LogP contribution in [0.15, 0.2) is 0 Å². The van der Waals surface area contributed by atoms with Gasteiger partial charge in [-0.25, -0.2) is 0 Å². The second-order valence-electron chi connectivity index (χ2n) is 5.94. The van der Waals surface area contributed by atoms with Gasteiger partial charge >= 0.3 is 0 Å². The van der Waals surface area contributed by atoms with Crippen molar-refractivity contribution in [1.82, 2.24) is 4.90 Å². The summed E-state index contributed by atoms with van der Waals surface area (Å²) in [6.45, 7) is 17.1. The Hall–Kier alpha value is 0.230. The van der Waals surface area contributed by atoms with Gasteiger partial charge in [0, 0.05) is 32.8 Å². The molecule has 0 aliphatic heterocycles. The van der Waals surface area contributed by atoms with Crippen LogP contribution >= 0.6 is 12.6 Å². The fourth-order valence-electron chi connectivity index (χ4n) is 1.89. The van der Waals surface area contributed by atoms with Crippen LogP contribution in [0.2, 0.25) is 0 Å². The number of rotatable bonds is 11. The SMILES string of the molecule is CCOCCN(CCOCC)CC(CS)C(C)(C)C. The molecule has 0 saturated heterocycles. The van der Waals surface area contributed by atoms with Crippen LogP contribution in [0.4, 0.5) is 0 Å². The zero-order chi connectivity index (χ0) is 14.7. The van der Waals surface area contributed by atoms with Crippen LogP contribution in [0, 0.1) is 11.3 Å². The average Bonchev–Trinajstić information content (AvgIpc) is 2.34. The first-order chi connectivity index (χ1) is 8.95. The van der Waals surface area contributed by atoms with E-state index in [9.17, 15) is 0 Å². The quantitative estimate of drug-likeness (QED) is 0.467. The molecule has 116 valence electrons. The second-order valence-corrected chi connectivity index (χ2v) is 6.31. The van der Waals surface area contributed by atoms with E-state index in [2.05, 4.69) is 38.3 Å². The number of ether oxygens (including phenoxy) is 2. The lowest BCUT2D eigenvalue weighted by atomic mass is 9.81. The third-order valence-electron chi connectivity index (χ3n) is 3.44. The van der Waals surface area contributed by atoms with Gasteiger partial charge in [0.05, 0.1) is 13.2 Å². The van der Waals surface area contributed by atoms with Gasteiger partial charge in [-0.05, 0) is 30.9 Å². The highest BCUT2D eigenvalue weighted by molar-refractivity contribution is 7.80. The van der Waals surface area contributed by atoms with Crippen molar-refractivity contribution in [2.24, 2.45) is 11.3 Å². The van der Waals surface area contributed by atoms with Gasteiger partial charge in [-0.15, -0.1) is 0 Å². The van der Waals surface area contributed by atoms with Gasteiger partial charge in [-0.3, -0.25) is 4.90 Å². The molecular weight excluding hydrogens is 258 g/mol.